The van der Waals surface area contributed by atoms with Crippen LogP contribution >= 0.6 is 12.4 Å². The molecule has 0 fully saturated rings. The number of nitrogens with one attached hydrogen (secondary N) is 1. The maximum absolute atomic E-state index is 12.2. The van der Waals surface area contributed by atoms with Gasteiger partial charge in [0.15, 0.2) is 0 Å². The third-order valence-corrected chi connectivity index (χ3v) is 5.73. The largest absolute Gasteiger partial charge is 0.573 e. The standard InChI is InChI=1S/C13H18F3NO2S.C9H10F3NO.2CH4.ClH/c1-9(17-20(18)12(2,3)4)10-6-5-7-11(8-10)19-13(14,15)16;1-6(13)7-3-2-4-8(5-7)14-9(10,11)12;;;/h5-9,17H,1-4H3;2-6H,13H2,1H3;2*1H4;1H/t9-,20+;6-;;;/m00.../s1. The number of rotatable bonds is 6. The molecule has 0 aliphatic rings. The van der Waals surface area contributed by atoms with E-state index in [2.05, 4.69) is 14.2 Å². The molecule has 0 aliphatic carbocycles. The van der Waals surface area contributed by atoms with E-state index in [1.54, 1.807) is 26.0 Å². The lowest BCUT2D eigenvalue weighted by molar-refractivity contribution is -0.275. The first-order valence-electron chi connectivity index (χ1n) is 10.0. The molecule has 5 nitrogen and oxygen atoms in total. The minimum absolute atomic E-state index is 0. The first-order chi connectivity index (χ1) is 15.4. The molecule has 2 rings (SSSR count). The zero-order chi connectivity index (χ0) is 26.3. The molecule has 0 aliphatic heterocycles. The second kappa shape index (κ2) is 16.1. The first kappa shape index (κ1) is 39.5. The van der Waals surface area contributed by atoms with E-state index in [0.29, 0.717) is 11.1 Å². The number of ether oxygens (including phenoxy) is 2. The summed E-state index contributed by atoms with van der Waals surface area (Å²) < 4.78 is 93.9. The van der Waals surface area contributed by atoms with E-state index in [4.69, 9.17) is 5.73 Å². The Morgan fingerprint density at radius 3 is 1.54 bits per heavy atom. The second-order valence-electron chi connectivity index (χ2n) is 8.25. The molecule has 0 saturated heterocycles. The van der Waals surface area contributed by atoms with Crippen LogP contribution in [-0.2, 0) is 11.0 Å². The van der Waals surface area contributed by atoms with Crippen LogP contribution in [0.3, 0.4) is 0 Å². The number of nitrogens with two attached hydrogens (primary N) is 1. The average Bonchev–Trinajstić information content (AvgIpc) is 2.65. The Hall–Kier alpha value is -2.02. The quantitative estimate of drug-likeness (QED) is 0.339. The normalized spacial score (nSPS) is 13.7. The van der Waals surface area contributed by atoms with Crippen LogP contribution in [0.25, 0.3) is 0 Å². The molecule has 3 N–H and O–H groups in total. The fourth-order valence-electron chi connectivity index (χ4n) is 2.38. The van der Waals surface area contributed by atoms with Crippen molar-refractivity contribution in [3.63, 3.8) is 0 Å². The molecule has 2 aromatic rings. The van der Waals surface area contributed by atoms with Crippen LogP contribution in [0.2, 0.25) is 0 Å². The van der Waals surface area contributed by atoms with Crippen molar-refractivity contribution in [1.29, 1.82) is 0 Å². The zero-order valence-corrected chi connectivity index (χ0v) is 21.3. The molecular formula is C24H37ClF6N2O3S. The van der Waals surface area contributed by atoms with Gasteiger partial charge >= 0.3 is 12.7 Å². The molecule has 2 aromatic carbocycles. The number of benzene rings is 2. The Labute approximate surface area is 224 Å². The van der Waals surface area contributed by atoms with E-state index in [0.717, 1.165) is 0 Å². The van der Waals surface area contributed by atoms with Crippen molar-refractivity contribution >= 4 is 23.4 Å². The highest BCUT2D eigenvalue weighted by Gasteiger charge is 2.32. The minimum atomic E-state index is -4.72. The highest BCUT2D eigenvalue weighted by atomic mass is 35.5. The van der Waals surface area contributed by atoms with Crippen LogP contribution in [-0.4, -0.2) is 21.7 Å². The van der Waals surface area contributed by atoms with Gasteiger partial charge in [0.25, 0.3) is 0 Å². The monoisotopic (exact) mass is 582 g/mol. The second-order valence-corrected chi connectivity index (χ2v) is 10.2. The number of hydrogen-bond acceptors (Lipinski definition) is 4. The van der Waals surface area contributed by atoms with E-state index >= 15 is 0 Å². The molecule has 0 amide bonds. The molecule has 13 heteroatoms. The molecule has 0 spiro atoms. The Morgan fingerprint density at radius 1 is 0.811 bits per heavy atom. The van der Waals surface area contributed by atoms with Gasteiger partial charge in [0.05, 0.1) is 15.7 Å². The third kappa shape index (κ3) is 16.4. The van der Waals surface area contributed by atoms with E-state index in [1.165, 1.54) is 36.4 Å². The summed E-state index contributed by atoms with van der Waals surface area (Å²) in [5, 5.41) is 0. The number of halogens is 7. The lowest BCUT2D eigenvalue weighted by Gasteiger charge is -2.22. The summed E-state index contributed by atoms with van der Waals surface area (Å²) in [5.74, 6) is -0.530. The topological polar surface area (TPSA) is 73.6 Å². The Kier molecular flexibility index (Phi) is 17.1. The summed E-state index contributed by atoms with van der Waals surface area (Å²) in [6.45, 7) is 8.85. The van der Waals surface area contributed by atoms with Crippen LogP contribution < -0.4 is 19.9 Å². The van der Waals surface area contributed by atoms with Crippen molar-refractivity contribution in [2.75, 3.05) is 0 Å². The van der Waals surface area contributed by atoms with Crippen molar-refractivity contribution in [3.05, 3.63) is 59.7 Å². The Balaban J connectivity index is -0.000000607. The maximum atomic E-state index is 12.2. The molecule has 0 bridgehead atoms. The van der Waals surface area contributed by atoms with Gasteiger partial charge in [0.1, 0.15) is 11.5 Å². The van der Waals surface area contributed by atoms with E-state index in [1.807, 2.05) is 20.8 Å². The van der Waals surface area contributed by atoms with Crippen LogP contribution in [0.1, 0.15) is 72.7 Å². The van der Waals surface area contributed by atoms with Gasteiger partial charge < -0.3 is 15.2 Å². The van der Waals surface area contributed by atoms with Crippen molar-refractivity contribution in [3.8, 4) is 11.5 Å². The predicted molar refractivity (Wildman–Crippen MR) is 139 cm³/mol. The number of hydrogen-bond donors (Lipinski definition) is 2. The summed E-state index contributed by atoms with van der Waals surface area (Å²) in [5.41, 5.74) is 6.69. The Morgan fingerprint density at radius 2 is 1.19 bits per heavy atom. The molecule has 0 saturated carbocycles. The molecule has 0 heterocycles. The zero-order valence-electron chi connectivity index (χ0n) is 19.7. The number of alkyl halides is 6. The molecular weight excluding hydrogens is 546 g/mol. The minimum Gasteiger partial charge on any atom is -0.406 e. The first-order valence-corrected chi connectivity index (χ1v) is 11.2. The van der Waals surface area contributed by atoms with Gasteiger partial charge in [-0.2, -0.15) is 0 Å². The van der Waals surface area contributed by atoms with Gasteiger partial charge in [-0.25, -0.2) is 8.93 Å². The molecule has 0 radical (unpaired) electrons. The smallest absolute Gasteiger partial charge is 0.406 e. The fraction of sp³-hybridized carbons (Fsp3) is 0.500. The molecule has 3 atom stereocenters. The summed E-state index contributed by atoms with van der Waals surface area (Å²) >= 11 is 0. The molecule has 216 valence electrons. The molecule has 0 unspecified atom stereocenters. The SMILES string of the molecule is C.C.C[C@H](N)c1cccc(OC(F)(F)F)c1.C[C@H](N[S@](=O)C(C)(C)C)c1cccc(OC(F)(F)F)c1.Cl. The van der Waals surface area contributed by atoms with E-state index in [-0.39, 0.29) is 50.8 Å². The van der Waals surface area contributed by atoms with Crippen molar-refractivity contribution in [2.45, 2.75) is 79.0 Å². The lowest BCUT2D eigenvalue weighted by atomic mass is 10.1. The predicted octanol–water partition coefficient (Wildman–Crippen LogP) is 8.00. The summed E-state index contributed by atoms with van der Waals surface area (Å²) in [4.78, 5) is 0. The highest BCUT2D eigenvalue weighted by molar-refractivity contribution is 7.84. The van der Waals surface area contributed by atoms with E-state index < -0.39 is 28.5 Å². The van der Waals surface area contributed by atoms with Crippen molar-refractivity contribution in [2.24, 2.45) is 5.73 Å². The van der Waals surface area contributed by atoms with Crippen LogP contribution in [0.15, 0.2) is 48.5 Å². The van der Waals surface area contributed by atoms with Crippen molar-refractivity contribution < 1.29 is 40.0 Å². The summed E-state index contributed by atoms with van der Waals surface area (Å²) in [7, 11) is -1.31. The summed E-state index contributed by atoms with van der Waals surface area (Å²) in [6.07, 6.45) is -9.38. The van der Waals surface area contributed by atoms with Crippen LogP contribution in [0, 0.1) is 0 Å². The third-order valence-electron chi connectivity index (χ3n) is 4.05. The molecule has 37 heavy (non-hydrogen) atoms. The van der Waals surface area contributed by atoms with Crippen molar-refractivity contribution in [1.82, 2.24) is 4.72 Å². The van der Waals surface area contributed by atoms with E-state index in [9.17, 15) is 30.6 Å². The van der Waals surface area contributed by atoms with Gasteiger partial charge in [-0.3, -0.25) is 0 Å². The van der Waals surface area contributed by atoms with Gasteiger partial charge in [0.2, 0.25) is 0 Å². The maximum Gasteiger partial charge on any atom is 0.573 e. The lowest BCUT2D eigenvalue weighted by Crippen LogP contribution is -2.34. The highest BCUT2D eigenvalue weighted by Crippen LogP contribution is 2.26. The Bertz CT molecular complexity index is 951. The van der Waals surface area contributed by atoms with Gasteiger partial charge in [-0.05, 0) is 70.0 Å². The molecule has 0 aromatic heterocycles. The van der Waals surface area contributed by atoms with Gasteiger partial charge in [-0.15, -0.1) is 38.7 Å². The fourth-order valence-corrected chi connectivity index (χ4v) is 3.19. The summed E-state index contributed by atoms with van der Waals surface area (Å²) in [6, 6.07) is 10.6. The van der Waals surface area contributed by atoms with Crippen LogP contribution in [0.4, 0.5) is 26.3 Å². The average molecular weight is 583 g/mol. The van der Waals surface area contributed by atoms with Crippen LogP contribution in [0.5, 0.6) is 11.5 Å². The van der Waals surface area contributed by atoms with Gasteiger partial charge in [0, 0.05) is 12.1 Å². The van der Waals surface area contributed by atoms with Gasteiger partial charge in [-0.1, -0.05) is 39.1 Å².